The molecule has 1 amide bonds. The molecular formula is C11H15N3O. The highest BCUT2D eigenvalue weighted by molar-refractivity contribution is 5.73. The van der Waals surface area contributed by atoms with Crippen LogP contribution in [0.1, 0.15) is 12.5 Å². The largest absolute Gasteiger partial charge is 0.397 e. The number of hydrogen-bond donors (Lipinski definition) is 3. The summed E-state index contributed by atoms with van der Waals surface area (Å²) in [5.41, 5.74) is 13.3. The van der Waals surface area contributed by atoms with E-state index in [9.17, 15) is 4.79 Å². The first kappa shape index (κ1) is 11.1. The lowest BCUT2D eigenvalue weighted by Crippen LogP contribution is -2.19. The molecule has 0 spiro atoms. The molecule has 0 unspecified atom stereocenters. The van der Waals surface area contributed by atoms with Gasteiger partial charge in [0.1, 0.15) is 0 Å². The molecule has 1 rings (SSSR count). The second kappa shape index (κ2) is 5.05. The molecule has 15 heavy (non-hydrogen) atoms. The molecule has 0 aromatic heterocycles. The Morgan fingerprint density at radius 1 is 1.40 bits per heavy atom. The van der Waals surface area contributed by atoms with E-state index >= 15 is 0 Å². The van der Waals surface area contributed by atoms with Gasteiger partial charge in [-0.1, -0.05) is 18.2 Å². The molecule has 0 saturated heterocycles. The van der Waals surface area contributed by atoms with Gasteiger partial charge in [0, 0.05) is 13.5 Å². The van der Waals surface area contributed by atoms with Crippen LogP contribution in [-0.4, -0.2) is 12.5 Å². The van der Waals surface area contributed by atoms with E-state index in [0.29, 0.717) is 17.9 Å². The van der Waals surface area contributed by atoms with Crippen molar-refractivity contribution in [3.05, 3.63) is 29.8 Å². The third kappa shape index (κ3) is 3.72. The zero-order valence-electron chi connectivity index (χ0n) is 8.66. The second-order valence-electron chi connectivity index (χ2n) is 3.23. The number of carbonyl (C=O) groups excluding carboxylic acids is 1. The van der Waals surface area contributed by atoms with Gasteiger partial charge in [0.2, 0.25) is 5.91 Å². The topological polar surface area (TPSA) is 81.1 Å². The number of rotatable bonds is 3. The average Bonchev–Trinajstić information content (AvgIpc) is 2.18. The summed E-state index contributed by atoms with van der Waals surface area (Å²) in [6.07, 6.45) is 3.73. The van der Waals surface area contributed by atoms with Crippen LogP contribution in [0.4, 0.5) is 11.4 Å². The summed E-state index contributed by atoms with van der Waals surface area (Å²) in [5.74, 6) is -0.0449. The van der Waals surface area contributed by atoms with Gasteiger partial charge in [-0.2, -0.15) is 0 Å². The minimum absolute atomic E-state index is 0.0449. The van der Waals surface area contributed by atoms with Gasteiger partial charge in [-0.3, -0.25) is 4.79 Å². The van der Waals surface area contributed by atoms with E-state index in [1.165, 1.54) is 6.92 Å². The molecule has 5 N–H and O–H groups in total. The van der Waals surface area contributed by atoms with Gasteiger partial charge in [-0.05, 0) is 17.7 Å². The van der Waals surface area contributed by atoms with Crippen molar-refractivity contribution in [1.82, 2.24) is 5.32 Å². The lowest BCUT2D eigenvalue weighted by molar-refractivity contribution is -0.118. The summed E-state index contributed by atoms with van der Waals surface area (Å²) in [5, 5.41) is 2.66. The standard InChI is InChI=1S/C11H15N3O/c1-8(15)14-6-2-3-9-4-5-10(12)11(13)7-9/h2-5,7H,6,12-13H2,1H3,(H,14,15). The van der Waals surface area contributed by atoms with Gasteiger partial charge in [-0.15, -0.1) is 0 Å². The molecule has 0 aliphatic carbocycles. The van der Waals surface area contributed by atoms with Gasteiger partial charge in [0.15, 0.2) is 0 Å². The number of benzene rings is 1. The van der Waals surface area contributed by atoms with E-state index in [1.807, 2.05) is 18.2 Å². The maximum atomic E-state index is 10.6. The summed E-state index contributed by atoms with van der Waals surface area (Å²) in [4.78, 5) is 10.6. The Morgan fingerprint density at radius 2 is 2.13 bits per heavy atom. The summed E-state index contributed by atoms with van der Waals surface area (Å²) in [6.45, 7) is 1.99. The van der Waals surface area contributed by atoms with Crippen LogP contribution in [0.25, 0.3) is 6.08 Å². The molecule has 0 atom stereocenters. The van der Waals surface area contributed by atoms with E-state index < -0.39 is 0 Å². The van der Waals surface area contributed by atoms with Gasteiger partial charge in [0.25, 0.3) is 0 Å². The lowest BCUT2D eigenvalue weighted by Gasteiger charge is -2.00. The molecule has 0 aliphatic rings. The molecule has 4 nitrogen and oxygen atoms in total. The lowest BCUT2D eigenvalue weighted by atomic mass is 10.1. The summed E-state index contributed by atoms with van der Waals surface area (Å²) in [7, 11) is 0. The zero-order chi connectivity index (χ0) is 11.3. The minimum atomic E-state index is -0.0449. The average molecular weight is 205 g/mol. The number of amides is 1. The maximum absolute atomic E-state index is 10.6. The van der Waals surface area contributed by atoms with Crippen molar-refractivity contribution >= 4 is 23.4 Å². The first-order chi connectivity index (χ1) is 7.09. The fourth-order valence-electron chi connectivity index (χ4n) is 1.09. The molecule has 0 radical (unpaired) electrons. The third-order valence-electron chi connectivity index (χ3n) is 1.89. The highest BCUT2D eigenvalue weighted by Crippen LogP contribution is 2.16. The molecule has 1 aromatic carbocycles. The second-order valence-corrected chi connectivity index (χ2v) is 3.23. The van der Waals surface area contributed by atoms with Crippen molar-refractivity contribution in [1.29, 1.82) is 0 Å². The Balaban J connectivity index is 2.57. The first-order valence-electron chi connectivity index (χ1n) is 4.65. The Hall–Kier alpha value is -1.97. The van der Waals surface area contributed by atoms with Crippen molar-refractivity contribution in [2.45, 2.75) is 6.92 Å². The monoisotopic (exact) mass is 205 g/mol. The van der Waals surface area contributed by atoms with Crippen LogP contribution in [0, 0.1) is 0 Å². The van der Waals surface area contributed by atoms with Crippen molar-refractivity contribution in [2.24, 2.45) is 0 Å². The molecule has 0 fully saturated rings. The number of anilines is 2. The number of nitrogens with two attached hydrogens (primary N) is 2. The van der Waals surface area contributed by atoms with Crippen LogP contribution in [0.15, 0.2) is 24.3 Å². The normalized spacial score (nSPS) is 10.5. The molecule has 0 heterocycles. The van der Waals surface area contributed by atoms with Crippen LogP contribution < -0.4 is 16.8 Å². The maximum Gasteiger partial charge on any atom is 0.217 e. The van der Waals surface area contributed by atoms with E-state index in [2.05, 4.69) is 5.32 Å². The predicted octanol–water partition coefficient (Wildman–Crippen LogP) is 1.00. The van der Waals surface area contributed by atoms with Crippen LogP contribution in [-0.2, 0) is 4.79 Å². The molecule has 80 valence electrons. The van der Waals surface area contributed by atoms with E-state index in [0.717, 1.165) is 5.56 Å². The van der Waals surface area contributed by atoms with E-state index in [1.54, 1.807) is 12.1 Å². The Morgan fingerprint density at radius 3 is 2.73 bits per heavy atom. The SMILES string of the molecule is CC(=O)NCC=Cc1ccc(N)c(N)c1. The quantitative estimate of drug-likeness (QED) is 0.644. The predicted molar refractivity (Wildman–Crippen MR) is 63.0 cm³/mol. The van der Waals surface area contributed by atoms with Crippen molar-refractivity contribution in [3.8, 4) is 0 Å². The fourth-order valence-corrected chi connectivity index (χ4v) is 1.09. The highest BCUT2D eigenvalue weighted by Gasteiger charge is 1.93. The Kier molecular flexibility index (Phi) is 3.74. The van der Waals surface area contributed by atoms with Gasteiger partial charge in [-0.25, -0.2) is 0 Å². The zero-order valence-corrected chi connectivity index (χ0v) is 8.66. The molecular weight excluding hydrogens is 190 g/mol. The molecule has 4 heteroatoms. The summed E-state index contributed by atoms with van der Waals surface area (Å²) in [6, 6.07) is 5.42. The number of nitrogens with one attached hydrogen (secondary N) is 1. The number of nitrogen functional groups attached to an aromatic ring is 2. The summed E-state index contributed by atoms with van der Waals surface area (Å²) < 4.78 is 0. The third-order valence-corrected chi connectivity index (χ3v) is 1.89. The summed E-state index contributed by atoms with van der Waals surface area (Å²) >= 11 is 0. The van der Waals surface area contributed by atoms with Crippen LogP contribution in [0.3, 0.4) is 0 Å². The van der Waals surface area contributed by atoms with Gasteiger partial charge < -0.3 is 16.8 Å². The molecule has 0 aliphatic heterocycles. The number of hydrogen-bond acceptors (Lipinski definition) is 3. The van der Waals surface area contributed by atoms with Crippen LogP contribution in [0.2, 0.25) is 0 Å². The van der Waals surface area contributed by atoms with Gasteiger partial charge >= 0.3 is 0 Å². The fraction of sp³-hybridized carbons (Fsp3) is 0.182. The number of carbonyl (C=O) groups is 1. The van der Waals surface area contributed by atoms with E-state index in [4.69, 9.17) is 11.5 Å². The first-order valence-corrected chi connectivity index (χ1v) is 4.65. The molecule has 0 saturated carbocycles. The Bertz CT molecular complexity index is 385. The molecule has 1 aromatic rings. The van der Waals surface area contributed by atoms with Crippen LogP contribution >= 0.6 is 0 Å². The van der Waals surface area contributed by atoms with Crippen molar-refractivity contribution < 1.29 is 4.79 Å². The highest BCUT2D eigenvalue weighted by atomic mass is 16.1. The Labute approximate surface area is 89.0 Å². The molecule has 0 bridgehead atoms. The van der Waals surface area contributed by atoms with Crippen molar-refractivity contribution in [3.63, 3.8) is 0 Å². The van der Waals surface area contributed by atoms with Crippen molar-refractivity contribution in [2.75, 3.05) is 18.0 Å². The van der Waals surface area contributed by atoms with Crippen LogP contribution in [0.5, 0.6) is 0 Å². The minimum Gasteiger partial charge on any atom is -0.397 e. The van der Waals surface area contributed by atoms with E-state index in [-0.39, 0.29) is 5.91 Å². The smallest absolute Gasteiger partial charge is 0.217 e. The van der Waals surface area contributed by atoms with Gasteiger partial charge in [0.05, 0.1) is 11.4 Å².